The molecule has 0 aliphatic rings. The maximum Gasteiger partial charge on any atom is 0.363 e. The Morgan fingerprint density at radius 3 is 2.53 bits per heavy atom. The second kappa shape index (κ2) is 8.48. The zero-order valence-corrected chi connectivity index (χ0v) is 18.6. The van der Waals surface area contributed by atoms with Crippen LogP contribution >= 0.6 is 27.7 Å². The molecule has 0 atom stereocenters. The molecule has 0 N–H and O–H groups in total. The molecule has 0 aliphatic carbocycles. The molecule has 0 aliphatic heterocycles. The molecule has 2 aromatic carbocycles. The van der Waals surface area contributed by atoms with Gasteiger partial charge in [-0.1, -0.05) is 52.0 Å². The van der Waals surface area contributed by atoms with E-state index in [0.29, 0.717) is 11.3 Å². The maximum absolute atomic E-state index is 12.0. The number of para-hydroxylation sites is 1. The zero-order chi connectivity index (χ0) is 22.1. The highest BCUT2D eigenvalue weighted by Gasteiger charge is 2.27. The van der Waals surface area contributed by atoms with E-state index in [1.165, 1.54) is 6.33 Å². The number of pyridine rings is 2. The number of aromatic nitrogens is 4. The SMILES string of the molecule is O=[N+]([O-])c1c(Oc2ccc(Br)c3cccnc23)ncnc1Sc1cccc2cccnc12. The van der Waals surface area contributed by atoms with Crippen molar-refractivity contribution in [2.75, 3.05) is 0 Å². The average molecular weight is 506 g/mol. The quantitative estimate of drug-likeness (QED) is 0.158. The number of benzene rings is 2. The molecule has 3 heterocycles. The fourth-order valence-corrected chi connectivity index (χ4v) is 4.65. The highest BCUT2D eigenvalue weighted by molar-refractivity contribution is 9.10. The first-order valence-electron chi connectivity index (χ1n) is 9.34. The van der Waals surface area contributed by atoms with E-state index in [-0.39, 0.29) is 16.6 Å². The van der Waals surface area contributed by atoms with E-state index in [2.05, 4.69) is 35.9 Å². The highest BCUT2D eigenvalue weighted by atomic mass is 79.9. The van der Waals surface area contributed by atoms with Gasteiger partial charge >= 0.3 is 11.6 Å². The smallest absolute Gasteiger partial charge is 0.363 e. The Bertz CT molecular complexity index is 1490. The van der Waals surface area contributed by atoms with Crippen LogP contribution in [0.4, 0.5) is 5.69 Å². The third-order valence-corrected chi connectivity index (χ3v) is 6.36. The van der Waals surface area contributed by atoms with Crippen molar-refractivity contribution in [3.63, 3.8) is 0 Å². The van der Waals surface area contributed by atoms with Gasteiger partial charge in [0, 0.05) is 32.5 Å². The summed E-state index contributed by atoms with van der Waals surface area (Å²) in [6, 6.07) is 16.6. The summed E-state index contributed by atoms with van der Waals surface area (Å²) in [5.74, 6) is 0.198. The topological polar surface area (TPSA) is 104 Å². The van der Waals surface area contributed by atoms with Gasteiger partial charge < -0.3 is 4.74 Å². The molecule has 0 saturated carbocycles. The summed E-state index contributed by atoms with van der Waals surface area (Å²) in [6.07, 6.45) is 4.56. The summed E-state index contributed by atoms with van der Waals surface area (Å²) in [4.78, 5) is 29.2. The normalized spacial score (nSPS) is 11.0. The Balaban J connectivity index is 1.59. The summed E-state index contributed by atoms with van der Waals surface area (Å²) < 4.78 is 6.74. The lowest BCUT2D eigenvalue weighted by Gasteiger charge is -2.10. The third kappa shape index (κ3) is 3.74. The van der Waals surface area contributed by atoms with Crippen LogP contribution in [-0.2, 0) is 0 Å². The van der Waals surface area contributed by atoms with Crippen molar-refractivity contribution in [3.8, 4) is 11.6 Å². The number of halogens is 1. The molecule has 3 aromatic heterocycles. The third-order valence-electron chi connectivity index (χ3n) is 4.63. The molecule has 5 rings (SSSR count). The predicted octanol–water partition coefficient (Wildman–Crippen LogP) is 6.19. The fraction of sp³-hybridized carbons (Fsp3) is 0. The lowest BCUT2D eigenvalue weighted by molar-refractivity contribution is -0.389. The van der Waals surface area contributed by atoms with Crippen LogP contribution in [-0.4, -0.2) is 24.9 Å². The molecule has 0 radical (unpaired) electrons. The number of ether oxygens (including phenoxy) is 1. The van der Waals surface area contributed by atoms with Crippen LogP contribution < -0.4 is 4.74 Å². The van der Waals surface area contributed by atoms with Crippen molar-refractivity contribution in [1.29, 1.82) is 0 Å². The summed E-state index contributed by atoms with van der Waals surface area (Å²) in [5, 5.41) is 13.9. The van der Waals surface area contributed by atoms with Crippen LogP contribution in [0.2, 0.25) is 0 Å². The Morgan fingerprint density at radius 1 is 0.906 bits per heavy atom. The Morgan fingerprint density at radius 2 is 1.69 bits per heavy atom. The first kappa shape index (κ1) is 20.3. The van der Waals surface area contributed by atoms with Gasteiger partial charge in [0.05, 0.1) is 10.4 Å². The predicted molar refractivity (Wildman–Crippen MR) is 124 cm³/mol. The number of hydrogen-bond acceptors (Lipinski definition) is 8. The first-order chi connectivity index (χ1) is 15.6. The van der Waals surface area contributed by atoms with Crippen LogP contribution in [0, 0.1) is 10.1 Å². The molecule has 0 bridgehead atoms. The van der Waals surface area contributed by atoms with Crippen LogP contribution in [0.5, 0.6) is 11.6 Å². The minimum absolute atomic E-state index is 0.157. The minimum atomic E-state index is -0.537. The van der Waals surface area contributed by atoms with E-state index >= 15 is 0 Å². The van der Waals surface area contributed by atoms with Gasteiger partial charge in [0.2, 0.25) is 0 Å². The second-order valence-corrected chi connectivity index (χ2v) is 8.46. The van der Waals surface area contributed by atoms with Crippen LogP contribution in [0.3, 0.4) is 0 Å². The molecule has 0 amide bonds. The number of nitro groups is 1. The van der Waals surface area contributed by atoms with Crippen LogP contribution in [0.25, 0.3) is 21.8 Å². The minimum Gasteiger partial charge on any atom is -0.431 e. The van der Waals surface area contributed by atoms with E-state index < -0.39 is 4.92 Å². The summed E-state index contributed by atoms with van der Waals surface area (Å²) >= 11 is 4.63. The Labute approximate surface area is 194 Å². The number of rotatable bonds is 5. The molecule has 8 nitrogen and oxygen atoms in total. The van der Waals surface area contributed by atoms with E-state index in [9.17, 15) is 10.1 Å². The lowest BCUT2D eigenvalue weighted by Crippen LogP contribution is -2.00. The molecule has 10 heteroatoms. The van der Waals surface area contributed by atoms with Crippen molar-refractivity contribution in [3.05, 3.63) is 87.9 Å². The van der Waals surface area contributed by atoms with Crippen LogP contribution in [0.1, 0.15) is 0 Å². The van der Waals surface area contributed by atoms with E-state index in [1.807, 2.05) is 36.4 Å². The fourth-order valence-electron chi connectivity index (χ4n) is 3.21. The van der Waals surface area contributed by atoms with Gasteiger partial charge in [-0.05, 0) is 30.3 Å². The van der Waals surface area contributed by atoms with Gasteiger partial charge in [0.25, 0.3) is 0 Å². The number of nitrogens with zero attached hydrogens (tertiary/aromatic N) is 5. The van der Waals surface area contributed by atoms with Gasteiger partial charge in [-0.15, -0.1) is 0 Å². The van der Waals surface area contributed by atoms with E-state index in [0.717, 1.165) is 37.4 Å². The van der Waals surface area contributed by atoms with Gasteiger partial charge in [-0.3, -0.25) is 20.1 Å². The number of hydrogen-bond donors (Lipinski definition) is 0. The molecule has 5 aromatic rings. The summed E-state index contributed by atoms with van der Waals surface area (Å²) in [5.41, 5.74) is 0.971. The van der Waals surface area contributed by atoms with Crippen molar-refractivity contribution < 1.29 is 9.66 Å². The van der Waals surface area contributed by atoms with Crippen LogP contribution in [0.15, 0.2) is 87.7 Å². The van der Waals surface area contributed by atoms with E-state index in [1.54, 1.807) is 30.6 Å². The zero-order valence-electron chi connectivity index (χ0n) is 16.2. The molecular weight excluding hydrogens is 494 g/mol. The Hall–Kier alpha value is -3.63. The monoisotopic (exact) mass is 505 g/mol. The molecule has 0 fully saturated rings. The molecule has 0 unspecified atom stereocenters. The largest absolute Gasteiger partial charge is 0.431 e. The first-order valence-corrected chi connectivity index (χ1v) is 10.9. The number of fused-ring (bicyclic) bond motifs is 2. The van der Waals surface area contributed by atoms with Crippen molar-refractivity contribution in [1.82, 2.24) is 19.9 Å². The van der Waals surface area contributed by atoms with Gasteiger partial charge in [0.15, 0.2) is 10.8 Å². The molecule has 32 heavy (non-hydrogen) atoms. The van der Waals surface area contributed by atoms with Crippen molar-refractivity contribution in [2.45, 2.75) is 9.92 Å². The highest BCUT2D eigenvalue weighted by Crippen LogP contribution is 2.42. The van der Waals surface area contributed by atoms with Gasteiger partial charge in [0.1, 0.15) is 11.8 Å². The standard InChI is InChI=1S/C22H12BrN5O3S/c23-15-8-9-16(19-14(15)6-3-11-25-19)31-21-20(28(29)30)22(27-12-26-21)32-17-7-1-4-13-5-2-10-24-18(13)17/h1-12H. The molecular formula is C22H12BrN5O3S. The van der Waals surface area contributed by atoms with Gasteiger partial charge in [-0.25, -0.2) is 4.98 Å². The molecule has 156 valence electrons. The van der Waals surface area contributed by atoms with Gasteiger partial charge in [-0.2, -0.15) is 4.98 Å². The van der Waals surface area contributed by atoms with Crippen molar-refractivity contribution in [2.24, 2.45) is 0 Å². The Kier molecular flexibility index (Phi) is 5.38. The van der Waals surface area contributed by atoms with E-state index in [4.69, 9.17) is 4.74 Å². The second-order valence-electron chi connectivity index (χ2n) is 6.57. The molecule has 0 saturated heterocycles. The lowest BCUT2D eigenvalue weighted by atomic mass is 10.2. The average Bonchev–Trinajstić information content (AvgIpc) is 2.81. The van der Waals surface area contributed by atoms with Crippen molar-refractivity contribution >= 4 is 55.2 Å². The summed E-state index contributed by atoms with van der Waals surface area (Å²) in [6.45, 7) is 0. The maximum atomic E-state index is 12.0. The molecule has 0 spiro atoms. The summed E-state index contributed by atoms with van der Waals surface area (Å²) in [7, 11) is 0.